The minimum Gasteiger partial charge on any atom is -0.502 e. The average Bonchev–Trinajstić information content (AvgIpc) is 2.80. The Hall–Kier alpha value is -2.95. The fourth-order valence-electron chi connectivity index (χ4n) is 4.58. The molecule has 2 aromatic rings. The average molecular weight is 508 g/mol. The highest BCUT2D eigenvalue weighted by molar-refractivity contribution is 6.30. The zero-order chi connectivity index (χ0) is 25.3. The minimum atomic E-state index is -0.973. The summed E-state index contributed by atoms with van der Waals surface area (Å²) in [5.74, 6) is -2.24. The number of pyridine rings is 1. The Bertz CT molecular complexity index is 1210. The van der Waals surface area contributed by atoms with Gasteiger partial charge in [0, 0.05) is 38.3 Å². The molecule has 35 heavy (non-hydrogen) atoms. The van der Waals surface area contributed by atoms with E-state index in [9.17, 15) is 29.0 Å². The van der Waals surface area contributed by atoms with E-state index in [-0.39, 0.29) is 55.5 Å². The number of aliphatic hydroxyl groups is 1. The van der Waals surface area contributed by atoms with Gasteiger partial charge >= 0.3 is 0 Å². The van der Waals surface area contributed by atoms with Crippen molar-refractivity contribution in [3.63, 3.8) is 0 Å². The van der Waals surface area contributed by atoms with Gasteiger partial charge in [-0.2, -0.15) is 0 Å². The first kappa shape index (κ1) is 25.2. The molecular weight excluding hydrogens is 481 g/mol. The topological polar surface area (TPSA) is 112 Å². The minimum absolute atomic E-state index is 0.0694. The summed E-state index contributed by atoms with van der Waals surface area (Å²) in [6, 6.07) is 4.14. The number of amides is 2. The Morgan fingerprint density at radius 2 is 1.86 bits per heavy atom. The van der Waals surface area contributed by atoms with Crippen LogP contribution in [0.4, 0.5) is 4.39 Å². The summed E-state index contributed by atoms with van der Waals surface area (Å²) >= 11 is 5.86. The molecule has 1 aromatic carbocycles. The summed E-state index contributed by atoms with van der Waals surface area (Å²) in [4.78, 5) is 42.9. The molecule has 0 spiro atoms. The highest BCUT2D eigenvalue weighted by atomic mass is 35.5. The van der Waals surface area contributed by atoms with Gasteiger partial charge in [0.05, 0.1) is 17.2 Å². The lowest BCUT2D eigenvalue weighted by atomic mass is 9.94. The van der Waals surface area contributed by atoms with Crippen LogP contribution in [-0.2, 0) is 24.2 Å². The number of hydrogen-bond donors (Lipinski definition) is 2. The van der Waals surface area contributed by atoms with Gasteiger partial charge < -0.3 is 29.3 Å². The predicted molar refractivity (Wildman–Crippen MR) is 125 cm³/mol. The third-order valence-corrected chi connectivity index (χ3v) is 6.59. The Kier molecular flexibility index (Phi) is 7.44. The standard InChI is InChI=1S/C24H27ClFN3O6/c1-14(30)35-11-10-27-7-2-3-8-29-20(23(27)33)16-6-9-28(22(32)19(16)21(31)24(29)34)13-15-4-5-18(26)17(25)12-15/h4-5,12,14,30-31H,2-3,6-11,13H2,1H3. The molecule has 1 unspecified atom stereocenters. The van der Waals surface area contributed by atoms with E-state index < -0.39 is 35.2 Å². The van der Waals surface area contributed by atoms with Crippen molar-refractivity contribution in [1.82, 2.24) is 14.4 Å². The van der Waals surface area contributed by atoms with Crippen molar-refractivity contribution in [2.24, 2.45) is 0 Å². The highest BCUT2D eigenvalue weighted by Crippen LogP contribution is 2.30. The van der Waals surface area contributed by atoms with Gasteiger partial charge in [0.2, 0.25) is 0 Å². The summed E-state index contributed by atoms with van der Waals surface area (Å²) in [6.45, 7) is 2.83. The van der Waals surface area contributed by atoms with E-state index in [0.29, 0.717) is 30.5 Å². The Morgan fingerprint density at radius 3 is 2.57 bits per heavy atom. The first-order chi connectivity index (χ1) is 16.7. The lowest BCUT2D eigenvalue weighted by Crippen LogP contribution is -2.45. The number of benzene rings is 1. The second kappa shape index (κ2) is 10.3. The van der Waals surface area contributed by atoms with E-state index in [0.717, 1.165) is 0 Å². The quantitative estimate of drug-likeness (QED) is 0.579. The summed E-state index contributed by atoms with van der Waals surface area (Å²) in [7, 11) is 0. The van der Waals surface area contributed by atoms with E-state index in [1.807, 2.05) is 0 Å². The second-order valence-corrected chi connectivity index (χ2v) is 9.11. The molecule has 2 amide bonds. The van der Waals surface area contributed by atoms with E-state index in [2.05, 4.69) is 0 Å². The molecule has 188 valence electrons. The molecule has 0 aliphatic carbocycles. The number of rotatable bonds is 6. The van der Waals surface area contributed by atoms with Crippen LogP contribution in [0.2, 0.25) is 5.02 Å². The van der Waals surface area contributed by atoms with Crippen molar-refractivity contribution in [2.75, 3.05) is 26.2 Å². The molecule has 0 bridgehead atoms. The number of nitrogens with zero attached hydrogens (tertiary/aromatic N) is 3. The first-order valence-corrected chi connectivity index (χ1v) is 11.9. The maximum Gasteiger partial charge on any atom is 0.294 e. The van der Waals surface area contributed by atoms with E-state index in [1.54, 1.807) is 4.90 Å². The molecule has 2 aliphatic rings. The summed E-state index contributed by atoms with van der Waals surface area (Å²) in [5, 5.41) is 20.0. The smallest absolute Gasteiger partial charge is 0.294 e. The molecule has 0 saturated heterocycles. The fourth-order valence-corrected chi connectivity index (χ4v) is 4.78. The number of carbonyl (C=O) groups excluding carboxylic acids is 2. The third kappa shape index (κ3) is 5.05. The van der Waals surface area contributed by atoms with Crippen LogP contribution in [0.1, 0.15) is 51.7 Å². The molecule has 1 aromatic heterocycles. The highest BCUT2D eigenvalue weighted by Gasteiger charge is 2.36. The van der Waals surface area contributed by atoms with E-state index in [4.69, 9.17) is 16.3 Å². The normalized spacial score (nSPS) is 17.0. The van der Waals surface area contributed by atoms with Crippen molar-refractivity contribution in [3.8, 4) is 5.75 Å². The van der Waals surface area contributed by atoms with E-state index in [1.165, 1.54) is 34.6 Å². The Morgan fingerprint density at radius 1 is 1.11 bits per heavy atom. The van der Waals surface area contributed by atoms with Crippen LogP contribution in [0.15, 0.2) is 23.0 Å². The number of fused-ring (bicyclic) bond motifs is 3. The zero-order valence-corrected chi connectivity index (χ0v) is 20.1. The monoisotopic (exact) mass is 507 g/mol. The number of carbonyl (C=O) groups is 2. The summed E-state index contributed by atoms with van der Waals surface area (Å²) in [5.41, 5.74) is 0.0891. The molecule has 0 saturated carbocycles. The predicted octanol–water partition coefficient (Wildman–Crippen LogP) is 2.14. The molecule has 3 heterocycles. The van der Waals surface area contributed by atoms with Crippen molar-refractivity contribution in [2.45, 2.75) is 45.6 Å². The Labute approximate surface area is 206 Å². The van der Waals surface area contributed by atoms with Gasteiger partial charge in [-0.1, -0.05) is 17.7 Å². The van der Waals surface area contributed by atoms with Crippen LogP contribution in [0.5, 0.6) is 5.75 Å². The number of aliphatic hydroxyl groups excluding tert-OH is 1. The number of aromatic hydroxyl groups is 1. The number of halogens is 2. The molecule has 2 aliphatic heterocycles. The first-order valence-electron chi connectivity index (χ1n) is 11.5. The van der Waals surface area contributed by atoms with Crippen molar-refractivity contribution >= 4 is 23.4 Å². The summed E-state index contributed by atoms with van der Waals surface area (Å²) in [6.07, 6.45) is 0.538. The molecule has 1 atom stereocenters. The maximum absolute atomic E-state index is 13.5. The third-order valence-electron chi connectivity index (χ3n) is 6.30. The molecule has 11 heteroatoms. The molecule has 9 nitrogen and oxygen atoms in total. The van der Waals surface area contributed by atoms with Crippen LogP contribution >= 0.6 is 11.6 Å². The van der Waals surface area contributed by atoms with Crippen LogP contribution in [0.3, 0.4) is 0 Å². The second-order valence-electron chi connectivity index (χ2n) is 8.70. The van der Waals surface area contributed by atoms with Crippen molar-refractivity contribution < 1.29 is 28.9 Å². The molecular formula is C24H27ClFN3O6. The SMILES string of the molecule is CC(O)OCCN1CCCCn2c(c3c(c(O)c2=O)C(=O)N(Cc2ccc(F)c(Cl)c2)CC3)C1=O. The summed E-state index contributed by atoms with van der Waals surface area (Å²) < 4.78 is 20.0. The fraction of sp³-hybridized carbons (Fsp3) is 0.458. The van der Waals surface area contributed by atoms with E-state index >= 15 is 0 Å². The van der Waals surface area contributed by atoms with Crippen molar-refractivity contribution in [1.29, 1.82) is 0 Å². The Balaban J connectivity index is 1.70. The lowest BCUT2D eigenvalue weighted by Gasteiger charge is -2.33. The van der Waals surface area contributed by atoms with Gasteiger partial charge in [0.15, 0.2) is 12.0 Å². The molecule has 0 fully saturated rings. The van der Waals surface area contributed by atoms with Crippen LogP contribution in [-0.4, -0.2) is 68.9 Å². The maximum atomic E-state index is 13.5. The number of hydrogen-bond acceptors (Lipinski definition) is 6. The van der Waals surface area contributed by atoms with Crippen LogP contribution < -0.4 is 5.56 Å². The lowest BCUT2D eigenvalue weighted by molar-refractivity contribution is -0.0881. The number of aromatic nitrogens is 1. The molecule has 4 rings (SSSR count). The van der Waals surface area contributed by atoms with Gasteiger partial charge in [-0.15, -0.1) is 0 Å². The van der Waals surface area contributed by atoms with Gasteiger partial charge in [0.1, 0.15) is 11.5 Å². The van der Waals surface area contributed by atoms with Crippen LogP contribution in [0, 0.1) is 5.82 Å². The number of ether oxygens (including phenoxy) is 1. The zero-order valence-electron chi connectivity index (χ0n) is 19.3. The van der Waals surface area contributed by atoms with Gasteiger partial charge in [-0.25, -0.2) is 4.39 Å². The largest absolute Gasteiger partial charge is 0.502 e. The molecule has 0 radical (unpaired) electrons. The van der Waals surface area contributed by atoms with Crippen molar-refractivity contribution in [3.05, 3.63) is 61.8 Å². The van der Waals surface area contributed by atoms with Gasteiger partial charge in [-0.05, 0) is 43.9 Å². The van der Waals surface area contributed by atoms with Gasteiger partial charge in [0.25, 0.3) is 17.4 Å². The van der Waals surface area contributed by atoms with Crippen LogP contribution in [0.25, 0.3) is 0 Å². The van der Waals surface area contributed by atoms with Gasteiger partial charge in [-0.3, -0.25) is 14.4 Å². The molecule has 2 N–H and O–H groups in total.